The number of hydrogen-bond acceptors (Lipinski definition) is 5. The lowest BCUT2D eigenvalue weighted by atomic mass is 9.77. The van der Waals surface area contributed by atoms with Gasteiger partial charge in [-0.05, 0) is 38.2 Å². The lowest BCUT2D eigenvalue weighted by Gasteiger charge is -2.40. The number of nitrogens with one attached hydrogen (secondary N) is 2. The summed E-state index contributed by atoms with van der Waals surface area (Å²) < 4.78 is 0. The van der Waals surface area contributed by atoms with Crippen molar-refractivity contribution < 1.29 is 4.79 Å². The van der Waals surface area contributed by atoms with Gasteiger partial charge < -0.3 is 9.88 Å². The molecule has 1 saturated heterocycles. The smallest absolute Gasteiger partial charge is 0.251 e. The standard InChI is InChI=1S/C17H21N5O2S/c1-11-7-13(23)20-16(19-11)25-9-14(24)22-6-2-4-17(10-22)5-3-12-8-18-21-15(12)17/h7-8H,2-6,9-10H2,1H3,(H,18,21)(H,19,20,23). The number of aryl methyl sites for hydroxylation is 2. The molecule has 1 atom stereocenters. The highest BCUT2D eigenvalue weighted by atomic mass is 32.2. The Morgan fingerprint density at radius 2 is 2.32 bits per heavy atom. The van der Waals surface area contributed by atoms with Crippen molar-refractivity contribution in [2.75, 3.05) is 18.8 Å². The Morgan fingerprint density at radius 3 is 3.16 bits per heavy atom. The summed E-state index contributed by atoms with van der Waals surface area (Å²) >= 11 is 1.29. The molecule has 1 amide bonds. The van der Waals surface area contributed by atoms with Crippen LogP contribution in [0.5, 0.6) is 0 Å². The number of rotatable bonds is 3. The second-order valence-electron chi connectivity index (χ2n) is 6.95. The van der Waals surface area contributed by atoms with Crippen molar-refractivity contribution in [1.82, 2.24) is 25.1 Å². The predicted molar refractivity (Wildman–Crippen MR) is 94.7 cm³/mol. The molecule has 7 nitrogen and oxygen atoms in total. The van der Waals surface area contributed by atoms with Crippen LogP contribution in [0.1, 0.15) is 36.2 Å². The third-order valence-electron chi connectivity index (χ3n) is 5.23. The third kappa shape index (κ3) is 3.10. The van der Waals surface area contributed by atoms with Crippen molar-refractivity contribution in [2.45, 2.75) is 43.2 Å². The van der Waals surface area contributed by atoms with E-state index in [-0.39, 0.29) is 22.6 Å². The lowest BCUT2D eigenvalue weighted by molar-refractivity contribution is -0.130. The van der Waals surface area contributed by atoms with Gasteiger partial charge in [0.25, 0.3) is 5.56 Å². The highest BCUT2D eigenvalue weighted by Crippen LogP contribution is 2.43. The van der Waals surface area contributed by atoms with Crippen molar-refractivity contribution in [2.24, 2.45) is 0 Å². The molecule has 0 aromatic carbocycles. The van der Waals surface area contributed by atoms with Gasteiger partial charge in [-0.25, -0.2) is 4.98 Å². The summed E-state index contributed by atoms with van der Waals surface area (Å²) in [4.78, 5) is 33.1. The Balaban J connectivity index is 1.43. The molecule has 25 heavy (non-hydrogen) atoms. The normalized spacial score (nSPS) is 22.4. The molecule has 4 rings (SSSR count). The van der Waals surface area contributed by atoms with E-state index in [0.29, 0.717) is 10.9 Å². The molecule has 0 bridgehead atoms. The second kappa shape index (κ2) is 6.33. The quantitative estimate of drug-likeness (QED) is 0.638. The van der Waals surface area contributed by atoms with E-state index in [2.05, 4.69) is 20.2 Å². The maximum Gasteiger partial charge on any atom is 0.251 e. The molecule has 0 radical (unpaired) electrons. The van der Waals surface area contributed by atoms with Gasteiger partial charge in [0.2, 0.25) is 5.91 Å². The number of carbonyl (C=O) groups is 1. The average molecular weight is 359 g/mol. The minimum absolute atomic E-state index is 0.0420. The van der Waals surface area contributed by atoms with Crippen molar-refractivity contribution in [3.05, 3.63) is 39.6 Å². The van der Waals surface area contributed by atoms with Crippen LogP contribution in [-0.2, 0) is 16.6 Å². The Morgan fingerprint density at radius 1 is 1.44 bits per heavy atom. The van der Waals surface area contributed by atoms with E-state index in [1.165, 1.54) is 29.1 Å². The van der Waals surface area contributed by atoms with Crippen molar-refractivity contribution >= 4 is 17.7 Å². The summed E-state index contributed by atoms with van der Waals surface area (Å²) in [5.41, 5.74) is 3.04. The van der Waals surface area contributed by atoms with Crippen molar-refractivity contribution in [3.63, 3.8) is 0 Å². The molecular weight excluding hydrogens is 338 g/mol. The lowest BCUT2D eigenvalue weighted by Crippen LogP contribution is -2.48. The molecule has 1 aliphatic carbocycles. The number of fused-ring (bicyclic) bond motifs is 2. The number of amides is 1. The number of hydrogen-bond donors (Lipinski definition) is 2. The summed E-state index contributed by atoms with van der Waals surface area (Å²) in [6.45, 7) is 3.32. The fourth-order valence-corrected chi connectivity index (χ4v) is 4.88. The summed E-state index contributed by atoms with van der Waals surface area (Å²) in [5.74, 6) is 0.388. The van der Waals surface area contributed by atoms with Gasteiger partial charge in [-0.2, -0.15) is 5.10 Å². The maximum absolute atomic E-state index is 12.7. The topological polar surface area (TPSA) is 94.7 Å². The van der Waals surface area contributed by atoms with E-state index in [4.69, 9.17) is 0 Å². The minimum Gasteiger partial charge on any atom is -0.341 e. The first kappa shape index (κ1) is 16.4. The van der Waals surface area contributed by atoms with E-state index < -0.39 is 0 Å². The zero-order valence-electron chi connectivity index (χ0n) is 14.2. The SMILES string of the molecule is Cc1cc(=O)[nH]c(SCC(=O)N2CCCC3(CCc4cn[nH]c43)C2)n1. The zero-order chi connectivity index (χ0) is 17.4. The van der Waals surface area contributed by atoms with Crippen LogP contribution in [0.3, 0.4) is 0 Å². The molecule has 0 saturated carbocycles. The monoisotopic (exact) mass is 359 g/mol. The van der Waals surface area contributed by atoms with Gasteiger partial charge >= 0.3 is 0 Å². The van der Waals surface area contributed by atoms with Crippen LogP contribution in [0.2, 0.25) is 0 Å². The van der Waals surface area contributed by atoms with Crippen LogP contribution in [0.4, 0.5) is 0 Å². The van der Waals surface area contributed by atoms with Gasteiger partial charge in [-0.1, -0.05) is 11.8 Å². The summed E-state index contributed by atoms with van der Waals surface area (Å²) in [6, 6.07) is 1.45. The molecule has 3 heterocycles. The summed E-state index contributed by atoms with van der Waals surface area (Å²) in [7, 11) is 0. The molecule has 1 spiro atoms. The van der Waals surface area contributed by atoms with Crippen LogP contribution in [0.25, 0.3) is 0 Å². The van der Waals surface area contributed by atoms with Crippen molar-refractivity contribution in [3.8, 4) is 0 Å². The highest BCUT2D eigenvalue weighted by molar-refractivity contribution is 7.99. The number of piperidine rings is 1. The van der Waals surface area contributed by atoms with Crippen LogP contribution >= 0.6 is 11.8 Å². The number of aromatic nitrogens is 4. The average Bonchev–Trinajstić information content (AvgIpc) is 3.17. The molecule has 1 fully saturated rings. The first-order valence-electron chi connectivity index (χ1n) is 8.57. The van der Waals surface area contributed by atoms with Crippen LogP contribution in [0.15, 0.2) is 22.2 Å². The van der Waals surface area contributed by atoms with E-state index in [0.717, 1.165) is 38.8 Å². The Bertz CT molecular complexity index is 861. The number of likely N-dealkylation sites (tertiary alicyclic amines) is 1. The van der Waals surface area contributed by atoms with Gasteiger partial charge in [-0.3, -0.25) is 14.7 Å². The van der Waals surface area contributed by atoms with E-state index in [9.17, 15) is 9.59 Å². The number of thioether (sulfide) groups is 1. The van der Waals surface area contributed by atoms with Crippen LogP contribution < -0.4 is 5.56 Å². The molecule has 2 aromatic rings. The first-order chi connectivity index (χ1) is 12.1. The minimum atomic E-state index is -0.183. The Hall–Kier alpha value is -2.09. The molecule has 1 unspecified atom stereocenters. The van der Waals surface area contributed by atoms with Crippen LogP contribution in [-0.4, -0.2) is 49.8 Å². The van der Waals surface area contributed by atoms with Gasteiger partial charge in [0, 0.05) is 36.0 Å². The first-order valence-corrected chi connectivity index (χ1v) is 9.56. The highest BCUT2D eigenvalue weighted by Gasteiger charge is 2.44. The molecular formula is C17H21N5O2S. The third-order valence-corrected chi connectivity index (χ3v) is 6.09. The van der Waals surface area contributed by atoms with Gasteiger partial charge in [0.15, 0.2) is 5.16 Å². The fourth-order valence-electron chi connectivity index (χ4n) is 4.05. The number of aromatic amines is 2. The van der Waals surface area contributed by atoms with Gasteiger partial charge in [-0.15, -0.1) is 0 Å². The summed E-state index contributed by atoms with van der Waals surface area (Å²) in [5, 5.41) is 7.85. The number of H-pyrrole nitrogens is 2. The van der Waals surface area contributed by atoms with Crippen LogP contribution in [0, 0.1) is 6.92 Å². The number of carbonyl (C=O) groups excluding carboxylic acids is 1. The maximum atomic E-state index is 12.7. The second-order valence-corrected chi connectivity index (χ2v) is 7.91. The van der Waals surface area contributed by atoms with E-state index in [1.807, 2.05) is 11.1 Å². The Kier molecular flexibility index (Phi) is 4.15. The summed E-state index contributed by atoms with van der Waals surface area (Å²) in [6.07, 6.45) is 6.15. The van der Waals surface area contributed by atoms with E-state index >= 15 is 0 Å². The molecule has 1 aliphatic heterocycles. The van der Waals surface area contributed by atoms with Gasteiger partial charge in [0.1, 0.15) is 0 Å². The fraction of sp³-hybridized carbons (Fsp3) is 0.529. The molecule has 8 heteroatoms. The molecule has 2 aromatic heterocycles. The molecule has 132 valence electrons. The number of nitrogens with zero attached hydrogens (tertiary/aromatic N) is 3. The van der Waals surface area contributed by atoms with Crippen molar-refractivity contribution in [1.29, 1.82) is 0 Å². The predicted octanol–water partition coefficient (Wildman–Crippen LogP) is 1.40. The zero-order valence-corrected chi connectivity index (χ0v) is 15.0. The molecule has 2 N–H and O–H groups in total. The van der Waals surface area contributed by atoms with E-state index in [1.54, 1.807) is 6.92 Å². The largest absolute Gasteiger partial charge is 0.341 e. The molecule has 2 aliphatic rings. The van der Waals surface area contributed by atoms with Gasteiger partial charge in [0.05, 0.1) is 11.9 Å². The Labute approximate surface area is 149 Å².